The van der Waals surface area contributed by atoms with Crippen LogP contribution in [0.25, 0.3) is 11.3 Å². The molecule has 2 heterocycles. The summed E-state index contributed by atoms with van der Waals surface area (Å²) >= 11 is 1.37. The number of anilines is 2. The van der Waals surface area contributed by atoms with Crippen LogP contribution in [0.1, 0.15) is 5.76 Å². The molecule has 3 rings (SSSR count). The number of hydrogen-bond acceptors (Lipinski definition) is 8. The van der Waals surface area contributed by atoms with Crippen LogP contribution in [0.5, 0.6) is 5.75 Å². The average molecular weight is 329 g/mol. The summed E-state index contributed by atoms with van der Waals surface area (Å²) in [4.78, 5) is 8.22. The first kappa shape index (κ1) is 15.2. The summed E-state index contributed by atoms with van der Waals surface area (Å²) < 4.78 is 10.7. The molecule has 0 unspecified atom stereocenters. The normalized spacial score (nSPS) is 10.7. The number of benzene rings is 1. The Balaban J connectivity index is 1.75. The quantitative estimate of drug-likeness (QED) is 0.542. The molecular weight excluding hydrogens is 314 g/mol. The zero-order valence-corrected chi connectivity index (χ0v) is 13.2. The predicted octanol–water partition coefficient (Wildman–Crippen LogP) is 2.60. The van der Waals surface area contributed by atoms with Crippen molar-refractivity contribution in [3.8, 4) is 17.0 Å². The number of nitrogens with two attached hydrogens (primary N) is 2. The Bertz CT molecular complexity index is 801. The minimum atomic E-state index is 0.340. The average Bonchev–Trinajstić information content (AvgIpc) is 3.01. The van der Waals surface area contributed by atoms with Gasteiger partial charge in [0, 0.05) is 17.7 Å². The number of hydrogen-bond donors (Lipinski definition) is 2. The predicted molar refractivity (Wildman–Crippen MR) is 88.9 cm³/mol. The molecule has 0 radical (unpaired) electrons. The van der Waals surface area contributed by atoms with E-state index in [1.807, 2.05) is 30.3 Å². The van der Waals surface area contributed by atoms with Crippen LogP contribution in [0, 0.1) is 0 Å². The third-order valence-electron chi connectivity index (χ3n) is 3.03. The first-order valence-corrected chi connectivity index (χ1v) is 7.76. The van der Waals surface area contributed by atoms with E-state index in [0.717, 1.165) is 11.3 Å². The molecule has 0 fully saturated rings. The zero-order valence-electron chi connectivity index (χ0n) is 12.4. The van der Waals surface area contributed by atoms with Crippen molar-refractivity contribution < 1.29 is 9.26 Å². The Labute approximate surface area is 137 Å². The number of ether oxygens (including phenoxy) is 1. The van der Waals surface area contributed by atoms with Gasteiger partial charge in [0.05, 0.1) is 12.9 Å². The smallest absolute Gasteiger partial charge is 0.191 e. The van der Waals surface area contributed by atoms with E-state index in [2.05, 4.69) is 15.1 Å². The SMILES string of the molecule is COc1ccccc1-c1cc(CSc2nc(N)cc(N)n2)on1. The topological polar surface area (TPSA) is 113 Å². The molecule has 0 saturated heterocycles. The molecule has 0 spiro atoms. The van der Waals surface area contributed by atoms with Crippen LogP contribution in [-0.2, 0) is 5.75 Å². The highest BCUT2D eigenvalue weighted by Crippen LogP contribution is 2.30. The number of nitrogen functional groups attached to an aromatic ring is 2. The van der Waals surface area contributed by atoms with E-state index in [0.29, 0.717) is 34.0 Å². The number of nitrogens with zero attached hydrogens (tertiary/aromatic N) is 3. The van der Waals surface area contributed by atoms with Gasteiger partial charge in [0.2, 0.25) is 0 Å². The van der Waals surface area contributed by atoms with Gasteiger partial charge in [-0.15, -0.1) is 0 Å². The molecule has 4 N–H and O–H groups in total. The third kappa shape index (κ3) is 3.54. The molecule has 0 aliphatic rings. The molecule has 0 saturated carbocycles. The highest BCUT2D eigenvalue weighted by Gasteiger charge is 2.12. The summed E-state index contributed by atoms with van der Waals surface area (Å²) in [6.07, 6.45) is 0. The number of para-hydroxylation sites is 1. The summed E-state index contributed by atoms with van der Waals surface area (Å²) in [5.74, 6) is 2.64. The summed E-state index contributed by atoms with van der Waals surface area (Å²) in [5.41, 5.74) is 12.9. The fraction of sp³-hybridized carbons (Fsp3) is 0.133. The molecule has 23 heavy (non-hydrogen) atoms. The van der Waals surface area contributed by atoms with Gasteiger partial charge >= 0.3 is 0 Å². The van der Waals surface area contributed by atoms with Crippen LogP contribution < -0.4 is 16.2 Å². The third-order valence-corrected chi connectivity index (χ3v) is 3.90. The maximum absolute atomic E-state index is 5.65. The molecule has 7 nitrogen and oxygen atoms in total. The first-order valence-electron chi connectivity index (χ1n) is 6.77. The monoisotopic (exact) mass is 329 g/mol. The Hall–Kier alpha value is -2.74. The standard InChI is InChI=1S/C15H15N5O2S/c1-21-12-5-3-2-4-10(12)11-6-9(22-20-11)8-23-15-18-13(16)7-14(17)19-15/h2-7H,8H2,1H3,(H4,16,17,18,19). The molecule has 8 heteroatoms. The van der Waals surface area contributed by atoms with Gasteiger partial charge in [-0.3, -0.25) is 0 Å². The number of aromatic nitrogens is 3. The van der Waals surface area contributed by atoms with Gasteiger partial charge in [-0.05, 0) is 12.1 Å². The van der Waals surface area contributed by atoms with E-state index in [1.165, 1.54) is 17.8 Å². The second kappa shape index (κ2) is 6.57. The van der Waals surface area contributed by atoms with Crippen molar-refractivity contribution >= 4 is 23.4 Å². The van der Waals surface area contributed by atoms with Crippen LogP contribution in [-0.4, -0.2) is 22.2 Å². The van der Waals surface area contributed by atoms with Crippen molar-refractivity contribution in [3.05, 3.63) is 42.2 Å². The Morgan fingerprint density at radius 2 is 1.87 bits per heavy atom. The van der Waals surface area contributed by atoms with Gasteiger partial charge in [-0.1, -0.05) is 29.1 Å². The lowest BCUT2D eigenvalue weighted by Crippen LogP contribution is -1.99. The molecule has 118 valence electrons. The Morgan fingerprint density at radius 1 is 1.13 bits per heavy atom. The van der Waals surface area contributed by atoms with E-state index >= 15 is 0 Å². The number of rotatable bonds is 5. The highest BCUT2D eigenvalue weighted by molar-refractivity contribution is 7.98. The van der Waals surface area contributed by atoms with E-state index in [-0.39, 0.29) is 0 Å². The Morgan fingerprint density at radius 3 is 2.61 bits per heavy atom. The van der Waals surface area contributed by atoms with Crippen molar-refractivity contribution in [2.75, 3.05) is 18.6 Å². The van der Waals surface area contributed by atoms with Gasteiger partial charge in [-0.25, -0.2) is 9.97 Å². The van der Waals surface area contributed by atoms with E-state index in [4.69, 9.17) is 20.7 Å². The summed E-state index contributed by atoms with van der Waals surface area (Å²) in [6.45, 7) is 0. The molecule has 0 bridgehead atoms. The first-order chi connectivity index (χ1) is 11.2. The highest BCUT2D eigenvalue weighted by atomic mass is 32.2. The number of methoxy groups -OCH3 is 1. The molecule has 0 aliphatic carbocycles. The number of thioether (sulfide) groups is 1. The van der Waals surface area contributed by atoms with Crippen molar-refractivity contribution in [3.63, 3.8) is 0 Å². The van der Waals surface area contributed by atoms with E-state index in [9.17, 15) is 0 Å². The maximum atomic E-state index is 5.65. The summed E-state index contributed by atoms with van der Waals surface area (Å²) in [7, 11) is 1.62. The lowest BCUT2D eigenvalue weighted by atomic mass is 10.1. The van der Waals surface area contributed by atoms with Crippen LogP contribution in [0.15, 0.2) is 46.1 Å². The van der Waals surface area contributed by atoms with Crippen LogP contribution in [0.3, 0.4) is 0 Å². The fourth-order valence-corrected chi connectivity index (χ4v) is 2.77. The summed E-state index contributed by atoms with van der Waals surface area (Å²) in [5, 5.41) is 4.58. The molecule has 0 aliphatic heterocycles. The van der Waals surface area contributed by atoms with E-state index < -0.39 is 0 Å². The fourth-order valence-electron chi connectivity index (χ4n) is 2.03. The minimum Gasteiger partial charge on any atom is -0.496 e. The summed E-state index contributed by atoms with van der Waals surface area (Å²) in [6, 6.07) is 11.0. The molecule has 0 amide bonds. The van der Waals surface area contributed by atoms with Crippen molar-refractivity contribution in [1.82, 2.24) is 15.1 Å². The van der Waals surface area contributed by atoms with Gasteiger partial charge in [0.15, 0.2) is 5.16 Å². The molecular formula is C15H15N5O2S. The lowest BCUT2D eigenvalue weighted by Gasteiger charge is -2.03. The van der Waals surface area contributed by atoms with E-state index in [1.54, 1.807) is 7.11 Å². The second-order valence-electron chi connectivity index (χ2n) is 4.67. The molecule has 0 atom stereocenters. The van der Waals surface area contributed by atoms with Gasteiger partial charge < -0.3 is 20.7 Å². The molecule has 3 aromatic rings. The largest absolute Gasteiger partial charge is 0.496 e. The van der Waals surface area contributed by atoms with Gasteiger partial charge in [0.25, 0.3) is 0 Å². The zero-order chi connectivity index (χ0) is 16.2. The van der Waals surface area contributed by atoms with Crippen molar-refractivity contribution in [2.24, 2.45) is 0 Å². The van der Waals surface area contributed by atoms with Gasteiger partial charge in [0.1, 0.15) is 28.8 Å². The maximum Gasteiger partial charge on any atom is 0.191 e. The molecule has 1 aromatic carbocycles. The Kier molecular flexibility index (Phi) is 4.33. The van der Waals surface area contributed by atoms with Crippen molar-refractivity contribution in [1.29, 1.82) is 0 Å². The van der Waals surface area contributed by atoms with Crippen LogP contribution in [0.4, 0.5) is 11.6 Å². The van der Waals surface area contributed by atoms with Crippen molar-refractivity contribution in [2.45, 2.75) is 10.9 Å². The lowest BCUT2D eigenvalue weighted by molar-refractivity contribution is 0.395. The minimum absolute atomic E-state index is 0.340. The van der Waals surface area contributed by atoms with Crippen LogP contribution in [0.2, 0.25) is 0 Å². The molecule has 2 aromatic heterocycles. The second-order valence-corrected chi connectivity index (χ2v) is 5.61. The van der Waals surface area contributed by atoms with Gasteiger partial charge in [-0.2, -0.15) is 0 Å². The van der Waals surface area contributed by atoms with Crippen LogP contribution >= 0.6 is 11.8 Å².